The molecule has 1 aromatic rings. The normalized spacial score (nSPS) is 15.4. The lowest BCUT2D eigenvalue weighted by molar-refractivity contribution is 0.578. The molecule has 0 saturated carbocycles. The zero-order chi connectivity index (χ0) is 12.0. The third-order valence-corrected chi connectivity index (χ3v) is 3.21. The van der Waals surface area contributed by atoms with Gasteiger partial charge in [0.05, 0.1) is 0 Å². The van der Waals surface area contributed by atoms with E-state index in [1.54, 1.807) is 0 Å². The lowest BCUT2D eigenvalue weighted by atomic mass is 10.1. The highest BCUT2D eigenvalue weighted by Crippen LogP contribution is 2.22. The Labute approximate surface area is 100 Å². The van der Waals surface area contributed by atoms with Crippen LogP contribution in [0.15, 0.2) is 18.2 Å². The molecule has 1 aromatic carbocycles. The number of aryl methyl sites for hydroxylation is 2. The van der Waals surface area contributed by atoms with E-state index >= 15 is 0 Å². The quantitative estimate of drug-likeness (QED) is 0.680. The van der Waals surface area contributed by atoms with E-state index in [1.165, 1.54) is 49.2 Å². The number of nitrogens with zero attached hydrogens (tertiary/aromatic N) is 1. The molecule has 0 spiro atoms. The van der Waals surface area contributed by atoms with E-state index in [0.29, 0.717) is 0 Å². The van der Waals surface area contributed by atoms with Crippen molar-refractivity contribution in [3.05, 3.63) is 29.3 Å². The van der Waals surface area contributed by atoms with Crippen LogP contribution in [-0.4, -0.2) is 13.1 Å². The van der Waals surface area contributed by atoms with Gasteiger partial charge in [-0.1, -0.05) is 19.9 Å². The van der Waals surface area contributed by atoms with Gasteiger partial charge >= 0.3 is 0 Å². The van der Waals surface area contributed by atoms with Crippen LogP contribution in [0.2, 0.25) is 0 Å². The highest BCUT2D eigenvalue weighted by Gasteiger charge is 2.10. The fourth-order valence-electron chi connectivity index (χ4n) is 2.07. The van der Waals surface area contributed by atoms with Gasteiger partial charge in [0, 0.05) is 18.8 Å². The minimum atomic E-state index is 1.24. The molecule has 1 heterocycles. The molecule has 0 aromatic heterocycles. The maximum atomic E-state index is 2.51. The van der Waals surface area contributed by atoms with E-state index in [4.69, 9.17) is 0 Å². The predicted molar refractivity (Wildman–Crippen MR) is 73.3 cm³/mol. The molecule has 0 unspecified atom stereocenters. The Balaban J connectivity index is 0.000000606. The summed E-state index contributed by atoms with van der Waals surface area (Å²) in [6, 6.07) is 6.81. The van der Waals surface area contributed by atoms with Gasteiger partial charge in [-0.15, -0.1) is 0 Å². The van der Waals surface area contributed by atoms with Crippen molar-refractivity contribution < 1.29 is 0 Å². The number of benzene rings is 1. The molecule has 0 bridgehead atoms. The van der Waals surface area contributed by atoms with Crippen LogP contribution in [0.25, 0.3) is 0 Å². The summed E-state index contributed by atoms with van der Waals surface area (Å²) in [5.41, 5.74) is 4.21. The van der Waals surface area contributed by atoms with Gasteiger partial charge in [0.15, 0.2) is 0 Å². The largest absolute Gasteiger partial charge is 0.372 e. The average molecular weight is 219 g/mol. The first-order valence-electron chi connectivity index (χ1n) is 6.59. The molecule has 1 saturated heterocycles. The summed E-state index contributed by atoms with van der Waals surface area (Å²) < 4.78 is 0. The topological polar surface area (TPSA) is 3.24 Å². The second kappa shape index (κ2) is 6.57. The fraction of sp³-hybridized carbons (Fsp3) is 0.600. The van der Waals surface area contributed by atoms with Crippen molar-refractivity contribution in [2.24, 2.45) is 0 Å². The first kappa shape index (κ1) is 13.1. The summed E-state index contributed by atoms with van der Waals surface area (Å²) in [5.74, 6) is 0. The van der Waals surface area contributed by atoms with E-state index < -0.39 is 0 Å². The third-order valence-electron chi connectivity index (χ3n) is 3.21. The molecule has 1 heteroatoms. The first-order chi connectivity index (χ1) is 7.77. The molecule has 1 nitrogen and oxygen atoms in total. The smallest absolute Gasteiger partial charge is 0.0369 e. The first-order valence-corrected chi connectivity index (χ1v) is 6.59. The van der Waals surface area contributed by atoms with Crippen LogP contribution in [0, 0.1) is 13.8 Å². The minimum Gasteiger partial charge on any atom is -0.372 e. The van der Waals surface area contributed by atoms with Gasteiger partial charge < -0.3 is 4.90 Å². The van der Waals surface area contributed by atoms with Crippen molar-refractivity contribution in [3.8, 4) is 0 Å². The standard InChI is InChI=1S/C13H19N.C2H6/c1-11-6-7-13(10-12(11)2)14-8-4-3-5-9-14;1-2/h6-7,10H,3-5,8-9H2,1-2H3;1-2H3. The number of anilines is 1. The van der Waals surface area contributed by atoms with E-state index in [1.807, 2.05) is 13.8 Å². The van der Waals surface area contributed by atoms with Gasteiger partial charge in [-0.05, 0) is 56.4 Å². The van der Waals surface area contributed by atoms with Gasteiger partial charge in [0.2, 0.25) is 0 Å². The van der Waals surface area contributed by atoms with Crippen molar-refractivity contribution >= 4 is 5.69 Å². The lowest BCUT2D eigenvalue weighted by Gasteiger charge is -2.29. The van der Waals surface area contributed by atoms with Crippen molar-refractivity contribution in [1.82, 2.24) is 0 Å². The Hall–Kier alpha value is -0.980. The van der Waals surface area contributed by atoms with Crippen LogP contribution in [0.3, 0.4) is 0 Å². The average Bonchev–Trinajstić information content (AvgIpc) is 2.36. The van der Waals surface area contributed by atoms with E-state index in [9.17, 15) is 0 Å². The highest BCUT2D eigenvalue weighted by molar-refractivity contribution is 5.50. The number of hydrogen-bond donors (Lipinski definition) is 0. The van der Waals surface area contributed by atoms with E-state index in [2.05, 4.69) is 36.9 Å². The summed E-state index contributed by atoms with van der Waals surface area (Å²) >= 11 is 0. The molecule has 1 fully saturated rings. The molecule has 1 aliphatic rings. The molecule has 0 aliphatic carbocycles. The van der Waals surface area contributed by atoms with Crippen molar-refractivity contribution in [2.75, 3.05) is 18.0 Å². The van der Waals surface area contributed by atoms with Crippen LogP contribution in [0.1, 0.15) is 44.2 Å². The number of rotatable bonds is 1. The zero-order valence-corrected chi connectivity index (χ0v) is 11.2. The molecule has 1 aliphatic heterocycles. The fourth-order valence-corrected chi connectivity index (χ4v) is 2.07. The summed E-state index contributed by atoms with van der Waals surface area (Å²) in [5, 5.41) is 0. The zero-order valence-electron chi connectivity index (χ0n) is 11.2. The molecule has 0 N–H and O–H groups in total. The van der Waals surface area contributed by atoms with Gasteiger partial charge in [0.25, 0.3) is 0 Å². The number of piperidine rings is 1. The Kier molecular flexibility index (Phi) is 5.37. The summed E-state index contributed by atoms with van der Waals surface area (Å²) in [6.45, 7) is 10.9. The van der Waals surface area contributed by atoms with Crippen LogP contribution in [0.4, 0.5) is 5.69 Å². The van der Waals surface area contributed by atoms with E-state index in [-0.39, 0.29) is 0 Å². The second-order valence-corrected chi connectivity index (χ2v) is 4.32. The Morgan fingerprint density at radius 1 is 0.875 bits per heavy atom. The Morgan fingerprint density at radius 2 is 1.50 bits per heavy atom. The Bertz CT molecular complexity index is 311. The predicted octanol–water partition coefficient (Wildman–Crippen LogP) is 4.32. The van der Waals surface area contributed by atoms with Crippen LogP contribution in [-0.2, 0) is 0 Å². The molecule has 0 atom stereocenters. The van der Waals surface area contributed by atoms with Gasteiger partial charge in [-0.25, -0.2) is 0 Å². The van der Waals surface area contributed by atoms with Crippen molar-refractivity contribution in [2.45, 2.75) is 47.0 Å². The van der Waals surface area contributed by atoms with E-state index in [0.717, 1.165) is 0 Å². The third kappa shape index (κ3) is 3.26. The molecule has 0 amide bonds. The summed E-state index contributed by atoms with van der Waals surface area (Å²) in [4.78, 5) is 2.51. The van der Waals surface area contributed by atoms with Crippen LogP contribution in [0.5, 0.6) is 0 Å². The van der Waals surface area contributed by atoms with Crippen LogP contribution >= 0.6 is 0 Å². The monoisotopic (exact) mass is 219 g/mol. The molecular formula is C15H25N. The molecular weight excluding hydrogens is 194 g/mol. The van der Waals surface area contributed by atoms with Crippen molar-refractivity contribution in [1.29, 1.82) is 0 Å². The van der Waals surface area contributed by atoms with Crippen LogP contribution < -0.4 is 4.90 Å². The molecule has 16 heavy (non-hydrogen) atoms. The Morgan fingerprint density at radius 3 is 2.06 bits per heavy atom. The highest BCUT2D eigenvalue weighted by atomic mass is 15.1. The molecule has 90 valence electrons. The molecule has 2 rings (SSSR count). The lowest BCUT2D eigenvalue weighted by Crippen LogP contribution is -2.29. The maximum Gasteiger partial charge on any atom is 0.0369 e. The minimum absolute atomic E-state index is 1.24. The van der Waals surface area contributed by atoms with Gasteiger partial charge in [-0.3, -0.25) is 0 Å². The maximum absolute atomic E-state index is 2.51. The summed E-state index contributed by atoms with van der Waals surface area (Å²) in [6.07, 6.45) is 4.11. The second-order valence-electron chi connectivity index (χ2n) is 4.32. The summed E-state index contributed by atoms with van der Waals surface area (Å²) in [7, 11) is 0. The SMILES string of the molecule is CC.Cc1ccc(N2CCCCC2)cc1C. The van der Waals surface area contributed by atoms with Crippen molar-refractivity contribution in [3.63, 3.8) is 0 Å². The molecule has 0 radical (unpaired) electrons. The van der Waals surface area contributed by atoms with Gasteiger partial charge in [0.1, 0.15) is 0 Å². The van der Waals surface area contributed by atoms with Gasteiger partial charge in [-0.2, -0.15) is 0 Å². The number of hydrogen-bond acceptors (Lipinski definition) is 1.